The largest absolute Gasteiger partial charge is 0.324 e. The minimum absolute atomic E-state index is 0.0753. The Morgan fingerprint density at radius 1 is 0.968 bits per heavy atom. The number of allylic oxidation sites excluding steroid dienone is 1. The van der Waals surface area contributed by atoms with E-state index in [4.69, 9.17) is 4.98 Å². The Balaban J connectivity index is 1.45. The average Bonchev–Trinajstić information content (AvgIpc) is 3.36. The van der Waals surface area contributed by atoms with Crippen molar-refractivity contribution in [1.82, 2.24) is 9.55 Å². The summed E-state index contributed by atoms with van der Waals surface area (Å²) < 4.78 is 2.26. The van der Waals surface area contributed by atoms with Gasteiger partial charge in [-0.3, -0.25) is 4.79 Å². The summed E-state index contributed by atoms with van der Waals surface area (Å²) in [6, 6.07) is 26.7. The average molecular weight is 408 g/mol. The highest BCUT2D eigenvalue weighted by atomic mass is 16.2. The Hall–Kier alpha value is -3.66. The number of hydrogen-bond donors (Lipinski definition) is 0. The lowest BCUT2D eigenvalue weighted by atomic mass is 10.1. The van der Waals surface area contributed by atoms with E-state index >= 15 is 0 Å². The molecule has 1 atom stereocenters. The molecule has 4 heteroatoms. The number of aromatic nitrogens is 2. The molecule has 5 rings (SSSR count). The van der Waals surface area contributed by atoms with E-state index in [2.05, 4.69) is 54.0 Å². The van der Waals surface area contributed by atoms with Crippen LogP contribution < -0.4 is 4.90 Å². The van der Waals surface area contributed by atoms with Gasteiger partial charge in [0.05, 0.1) is 11.0 Å². The second-order valence-electron chi connectivity index (χ2n) is 8.12. The molecule has 2 heterocycles. The quantitative estimate of drug-likeness (QED) is 0.433. The zero-order chi connectivity index (χ0) is 21.2. The molecule has 1 aliphatic rings. The number of para-hydroxylation sites is 2. The molecule has 0 bridgehead atoms. The number of carbonyl (C=O) groups excluding carboxylic acids is 1. The number of nitrogens with zero attached hydrogens (tertiary/aromatic N) is 3. The molecular formula is C27H25N3O. The maximum absolute atomic E-state index is 12.8. The van der Waals surface area contributed by atoms with Gasteiger partial charge in [-0.15, -0.1) is 0 Å². The third-order valence-electron chi connectivity index (χ3n) is 5.92. The van der Waals surface area contributed by atoms with Crippen molar-refractivity contribution in [3.63, 3.8) is 0 Å². The third kappa shape index (κ3) is 3.89. The lowest BCUT2D eigenvalue weighted by Gasteiger charge is -2.17. The van der Waals surface area contributed by atoms with Crippen LogP contribution in [0.1, 0.15) is 29.3 Å². The number of hydrogen-bond acceptors (Lipinski definition) is 2. The number of amides is 1. The number of benzene rings is 3. The monoisotopic (exact) mass is 407 g/mol. The number of anilines is 1. The predicted molar refractivity (Wildman–Crippen MR) is 126 cm³/mol. The van der Waals surface area contributed by atoms with E-state index in [1.165, 1.54) is 11.1 Å². The van der Waals surface area contributed by atoms with Crippen molar-refractivity contribution in [3.8, 4) is 0 Å². The summed E-state index contributed by atoms with van der Waals surface area (Å²) in [5.74, 6) is 1.22. The molecule has 0 unspecified atom stereocenters. The predicted octanol–water partition coefficient (Wildman–Crippen LogP) is 5.58. The maximum Gasteiger partial charge on any atom is 0.227 e. The smallest absolute Gasteiger partial charge is 0.227 e. The van der Waals surface area contributed by atoms with Gasteiger partial charge in [0, 0.05) is 31.1 Å². The van der Waals surface area contributed by atoms with Gasteiger partial charge >= 0.3 is 0 Å². The van der Waals surface area contributed by atoms with E-state index in [0.717, 1.165) is 29.1 Å². The molecule has 1 aliphatic heterocycles. The summed E-state index contributed by atoms with van der Waals surface area (Å²) in [5, 5.41) is 0. The van der Waals surface area contributed by atoms with E-state index in [1.54, 1.807) is 0 Å². The first-order valence-corrected chi connectivity index (χ1v) is 10.7. The summed E-state index contributed by atoms with van der Waals surface area (Å²) in [5.41, 5.74) is 5.42. The van der Waals surface area contributed by atoms with Crippen LogP contribution in [0.4, 0.5) is 5.69 Å². The van der Waals surface area contributed by atoms with Crippen molar-refractivity contribution in [2.24, 2.45) is 0 Å². The molecule has 0 spiro atoms. The van der Waals surface area contributed by atoms with Crippen LogP contribution >= 0.6 is 0 Å². The van der Waals surface area contributed by atoms with Gasteiger partial charge in [-0.05, 0) is 36.8 Å². The van der Waals surface area contributed by atoms with Crippen molar-refractivity contribution in [2.45, 2.75) is 25.8 Å². The fraction of sp³-hybridized carbons (Fsp3) is 0.185. The SMILES string of the molecule is Cc1ccc(N2C[C@@H](c3nc4ccccc4n3C/C=C/c3ccccc3)CC2=O)cc1. The van der Waals surface area contributed by atoms with Crippen LogP contribution in [-0.2, 0) is 11.3 Å². The fourth-order valence-corrected chi connectivity index (χ4v) is 4.31. The second kappa shape index (κ2) is 8.23. The van der Waals surface area contributed by atoms with E-state index in [0.29, 0.717) is 13.0 Å². The van der Waals surface area contributed by atoms with Crippen LogP contribution in [0.25, 0.3) is 17.1 Å². The molecule has 4 aromatic rings. The van der Waals surface area contributed by atoms with Crippen LogP contribution in [0.5, 0.6) is 0 Å². The Kier molecular flexibility index (Phi) is 5.13. The van der Waals surface area contributed by atoms with Crippen molar-refractivity contribution < 1.29 is 4.79 Å². The van der Waals surface area contributed by atoms with Crippen molar-refractivity contribution in [2.75, 3.05) is 11.4 Å². The van der Waals surface area contributed by atoms with E-state index in [1.807, 2.05) is 53.4 Å². The molecule has 154 valence electrons. The van der Waals surface area contributed by atoms with Crippen molar-refractivity contribution >= 4 is 28.7 Å². The standard InChI is InChI=1S/C27H25N3O/c1-20-13-15-23(16-14-20)30-19-22(18-26(30)31)27-28-24-11-5-6-12-25(24)29(27)17-7-10-21-8-3-2-4-9-21/h2-16,22H,17-19H2,1H3/b10-7+/t22-/m0/s1. The molecule has 1 amide bonds. The summed E-state index contributed by atoms with van der Waals surface area (Å²) in [6.07, 6.45) is 4.79. The van der Waals surface area contributed by atoms with E-state index in [9.17, 15) is 4.79 Å². The molecule has 31 heavy (non-hydrogen) atoms. The van der Waals surface area contributed by atoms with Gasteiger partial charge in [0.25, 0.3) is 0 Å². The highest BCUT2D eigenvalue weighted by Gasteiger charge is 2.34. The Morgan fingerprint density at radius 2 is 1.71 bits per heavy atom. The second-order valence-corrected chi connectivity index (χ2v) is 8.12. The number of aryl methyl sites for hydroxylation is 1. The maximum atomic E-state index is 12.8. The number of fused-ring (bicyclic) bond motifs is 1. The van der Waals surface area contributed by atoms with Crippen LogP contribution in [0, 0.1) is 6.92 Å². The van der Waals surface area contributed by atoms with Gasteiger partial charge in [0.1, 0.15) is 5.82 Å². The topological polar surface area (TPSA) is 38.1 Å². The minimum Gasteiger partial charge on any atom is -0.324 e. The molecule has 4 nitrogen and oxygen atoms in total. The molecule has 1 fully saturated rings. The summed E-state index contributed by atoms with van der Waals surface area (Å²) >= 11 is 0. The Morgan fingerprint density at radius 3 is 2.52 bits per heavy atom. The molecule has 0 N–H and O–H groups in total. The van der Waals surface area contributed by atoms with Crippen LogP contribution in [0.2, 0.25) is 0 Å². The Bertz CT molecular complexity index is 1240. The molecule has 0 saturated carbocycles. The number of carbonyl (C=O) groups is 1. The summed E-state index contributed by atoms with van der Waals surface area (Å²) in [7, 11) is 0. The number of imidazole rings is 1. The zero-order valence-electron chi connectivity index (χ0n) is 17.6. The number of rotatable bonds is 5. The van der Waals surface area contributed by atoms with Crippen molar-refractivity contribution in [1.29, 1.82) is 0 Å². The lowest BCUT2D eigenvalue weighted by molar-refractivity contribution is -0.117. The van der Waals surface area contributed by atoms with Gasteiger partial charge in [-0.1, -0.05) is 72.3 Å². The van der Waals surface area contributed by atoms with E-state index < -0.39 is 0 Å². The van der Waals surface area contributed by atoms with Gasteiger partial charge < -0.3 is 9.47 Å². The first-order chi connectivity index (χ1) is 15.2. The first-order valence-electron chi connectivity index (χ1n) is 10.7. The molecule has 1 aromatic heterocycles. The fourth-order valence-electron chi connectivity index (χ4n) is 4.31. The van der Waals surface area contributed by atoms with Crippen molar-refractivity contribution in [3.05, 3.63) is 102 Å². The minimum atomic E-state index is 0.0753. The summed E-state index contributed by atoms with van der Waals surface area (Å²) in [6.45, 7) is 3.44. The molecule has 1 saturated heterocycles. The molecule has 3 aromatic carbocycles. The molecular weight excluding hydrogens is 382 g/mol. The highest BCUT2D eigenvalue weighted by Crippen LogP contribution is 2.33. The normalized spacial score (nSPS) is 16.6. The Labute approximate surface area is 182 Å². The highest BCUT2D eigenvalue weighted by molar-refractivity contribution is 5.96. The first kappa shape index (κ1) is 19.3. The summed E-state index contributed by atoms with van der Waals surface area (Å²) in [4.78, 5) is 19.7. The molecule has 0 aliphatic carbocycles. The van der Waals surface area contributed by atoms with E-state index in [-0.39, 0.29) is 11.8 Å². The van der Waals surface area contributed by atoms with Gasteiger partial charge in [-0.2, -0.15) is 0 Å². The van der Waals surface area contributed by atoms with Crippen LogP contribution in [0.3, 0.4) is 0 Å². The van der Waals surface area contributed by atoms with Gasteiger partial charge in [0.2, 0.25) is 5.91 Å². The third-order valence-corrected chi connectivity index (χ3v) is 5.92. The van der Waals surface area contributed by atoms with Crippen LogP contribution in [-0.4, -0.2) is 22.0 Å². The molecule has 0 radical (unpaired) electrons. The van der Waals surface area contributed by atoms with Gasteiger partial charge in [-0.25, -0.2) is 4.98 Å². The van der Waals surface area contributed by atoms with Crippen LogP contribution in [0.15, 0.2) is 84.9 Å². The lowest BCUT2D eigenvalue weighted by Crippen LogP contribution is -2.24. The van der Waals surface area contributed by atoms with Gasteiger partial charge in [0.15, 0.2) is 0 Å². The zero-order valence-corrected chi connectivity index (χ0v) is 17.6.